The maximum absolute atomic E-state index is 11.7. The molecule has 8 N–H and O–H groups in total. The van der Waals surface area contributed by atoms with Gasteiger partial charge in [0, 0.05) is 26.9 Å². The average molecular weight is 637 g/mol. The molecule has 240 valence electrons. The maximum atomic E-state index is 11.7. The number of benzene rings is 5. The Balaban J connectivity index is 1.38. The van der Waals surface area contributed by atoms with Crippen LogP contribution < -0.4 is 9.47 Å². The first-order valence-electron chi connectivity index (χ1n) is 14.3. The third-order valence-corrected chi connectivity index (χ3v) is 8.68. The Morgan fingerprint density at radius 1 is 0.522 bits per heavy atom. The number of aliphatic hydroxyl groups is 6. The zero-order valence-corrected chi connectivity index (χ0v) is 23.6. The summed E-state index contributed by atoms with van der Waals surface area (Å²) in [5, 5.41) is 86.4. The van der Waals surface area contributed by atoms with E-state index in [-0.39, 0.29) is 11.5 Å². The lowest BCUT2D eigenvalue weighted by atomic mass is 9.90. The molecule has 0 spiro atoms. The number of ether oxygens (including phenoxy) is 4. The molecule has 0 aliphatic carbocycles. The summed E-state index contributed by atoms with van der Waals surface area (Å²) in [6.07, 6.45) is -18.1. The second-order valence-corrected chi connectivity index (χ2v) is 11.4. The van der Waals surface area contributed by atoms with Crippen LogP contribution in [-0.4, -0.2) is 114 Å². The fourth-order valence-corrected chi connectivity index (χ4v) is 6.37. The van der Waals surface area contributed by atoms with Gasteiger partial charge in [-0.2, -0.15) is 0 Å². The smallest absolute Gasteiger partial charge is 0.335 e. The van der Waals surface area contributed by atoms with E-state index in [1.54, 1.807) is 36.4 Å². The molecular weight excluding hydrogens is 608 g/mol. The normalized spacial score (nSPS) is 31.9. The Bertz CT molecular complexity index is 1980. The highest BCUT2D eigenvalue weighted by molar-refractivity contribution is 6.31. The van der Waals surface area contributed by atoms with Crippen molar-refractivity contribution in [2.75, 3.05) is 0 Å². The van der Waals surface area contributed by atoms with Gasteiger partial charge in [-0.05, 0) is 34.4 Å². The van der Waals surface area contributed by atoms with E-state index in [1.165, 1.54) is 0 Å². The van der Waals surface area contributed by atoms with E-state index < -0.39 is 73.4 Å². The Morgan fingerprint density at radius 2 is 1.04 bits per heavy atom. The molecule has 7 rings (SSSR count). The SMILES string of the molecule is O=C(O)[C@H]1O[C@@H](Oc2ccc3ccc4c5ccccc5c(OC5O[C@H](C(=O)O)[C@@H](O)[C@H](O)[C@H]5O)c5ccc2c3c54)[C@H](O)[C@@H](O)[C@@H]1O. The highest BCUT2D eigenvalue weighted by atomic mass is 16.7. The first-order valence-corrected chi connectivity index (χ1v) is 14.3. The zero-order valence-electron chi connectivity index (χ0n) is 23.6. The predicted octanol–water partition coefficient (Wildman–Crippen LogP) is 0.279. The third kappa shape index (κ3) is 4.58. The van der Waals surface area contributed by atoms with E-state index in [9.17, 15) is 50.4 Å². The Morgan fingerprint density at radius 3 is 1.65 bits per heavy atom. The van der Waals surface area contributed by atoms with Crippen molar-refractivity contribution in [3.63, 3.8) is 0 Å². The highest BCUT2D eigenvalue weighted by Gasteiger charge is 2.49. The Hall–Kier alpha value is -4.38. The van der Waals surface area contributed by atoms with E-state index in [4.69, 9.17) is 18.9 Å². The average Bonchev–Trinajstić information content (AvgIpc) is 3.04. The fraction of sp³-hybridized carbons (Fsp3) is 0.312. The Kier molecular flexibility index (Phi) is 7.34. The summed E-state index contributed by atoms with van der Waals surface area (Å²) in [7, 11) is 0. The van der Waals surface area contributed by atoms with E-state index >= 15 is 0 Å². The molecule has 14 heteroatoms. The topological polar surface area (TPSA) is 233 Å². The number of fused-ring (bicyclic) bond motifs is 2. The molecule has 2 aliphatic rings. The zero-order chi connectivity index (χ0) is 32.6. The number of carboxylic acids is 2. The van der Waals surface area contributed by atoms with Gasteiger partial charge in [0.15, 0.2) is 12.2 Å². The van der Waals surface area contributed by atoms with Crippen molar-refractivity contribution in [3.8, 4) is 11.5 Å². The van der Waals surface area contributed by atoms with Crippen LogP contribution >= 0.6 is 0 Å². The molecule has 5 aromatic carbocycles. The van der Waals surface area contributed by atoms with E-state index in [0.29, 0.717) is 26.9 Å². The molecule has 2 aliphatic heterocycles. The van der Waals surface area contributed by atoms with Gasteiger partial charge in [-0.3, -0.25) is 0 Å². The molecule has 5 aromatic rings. The molecule has 0 saturated carbocycles. The van der Waals surface area contributed by atoms with Crippen molar-refractivity contribution in [1.29, 1.82) is 0 Å². The van der Waals surface area contributed by atoms with Crippen molar-refractivity contribution in [3.05, 3.63) is 60.7 Å². The monoisotopic (exact) mass is 636 g/mol. The van der Waals surface area contributed by atoms with Crippen molar-refractivity contribution in [2.45, 2.75) is 61.4 Å². The summed E-state index contributed by atoms with van der Waals surface area (Å²) >= 11 is 0. The number of aliphatic carboxylic acids is 2. The van der Waals surface area contributed by atoms with Crippen LogP contribution in [0.25, 0.3) is 43.1 Å². The summed E-state index contributed by atoms with van der Waals surface area (Å²) in [6.45, 7) is 0. The number of carboxylic acid groups (broad SMARTS) is 2. The van der Waals surface area contributed by atoms with Crippen molar-refractivity contribution < 1.29 is 69.4 Å². The molecule has 10 atom stereocenters. The van der Waals surface area contributed by atoms with Gasteiger partial charge in [-0.15, -0.1) is 0 Å². The number of hydrogen-bond donors (Lipinski definition) is 8. The maximum Gasteiger partial charge on any atom is 0.335 e. The Labute approximate surface area is 258 Å². The van der Waals surface area contributed by atoms with Crippen LogP contribution in [0.1, 0.15) is 0 Å². The molecule has 0 amide bonds. The molecular formula is C32H28O14. The minimum atomic E-state index is -1.90. The van der Waals surface area contributed by atoms with Crippen LogP contribution in [-0.2, 0) is 19.1 Å². The standard InChI is InChI=1S/C32H28O14/c33-20-22(35)27(29(39)40)45-31(24(20)37)43-17-10-6-11-5-7-13-12-3-1-2-4-14(12)26(16-9-8-15(17)18(11)19(13)16)44-32-25(38)21(34)23(36)28(46-32)30(41)42/h1-10,20-25,27-28,31-38H,(H,39,40)(H,41,42)/t20-,21-,22-,23-,24+,25+,27-,28-,31+,32?/m0/s1. The van der Waals surface area contributed by atoms with Crippen molar-refractivity contribution in [1.82, 2.24) is 0 Å². The first kappa shape index (κ1) is 30.3. The van der Waals surface area contributed by atoms with Gasteiger partial charge < -0.3 is 59.8 Å². The molecule has 0 aromatic heterocycles. The number of hydrogen-bond acceptors (Lipinski definition) is 12. The third-order valence-electron chi connectivity index (χ3n) is 8.68. The summed E-state index contributed by atoms with van der Waals surface area (Å²) in [4.78, 5) is 23.3. The van der Waals surface area contributed by atoms with Crippen LogP contribution in [0.2, 0.25) is 0 Å². The van der Waals surface area contributed by atoms with Crippen LogP contribution in [0, 0.1) is 0 Å². The molecule has 2 saturated heterocycles. The predicted molar refractivity (Wildman–Crippen MR) is 158 cm³/mol. The summed E-state index contributed by atoms with van der Waals surface area (Å²) in [5.41, 5.74) is 0. The van der Waals surface area contributed by atoms with Crippen LogP contribution in [0.4, 0.5) is 0 Å². The van der Waals surface area contributed by atoms with Crippen molar-refractivity contribution in [2.24, 2.45) is 0 Å². The van der Waals surface area contributed by atoms with Gasteiger partial charge >= 0.3 is 11.9 Å². The van der Waals surface area contributed by atoms with Crippen LogP contribution in [0.5, 0.6) is 11.5 Å². The lowest BCUT2D eigenvalue weighted by molar-refractivity contribution is -0.270. The minimum absolute atomic E-state index is 0.168. The van der Waals surface area contributed by atoms with Gasteiger partial charge in [0.05, 0.1) is 0 Å². The van der Waals surface area contributed by atoms with Gasteiger partial charge in [0.2, 0.25) is 12.6 Å². The molecule has 14 nitrogen and oxygen atoms in total. The van der Waals surface area contributed by atoms with Crippen LogP contribution in [0.15, 0.2) is 60.7 Å². The minimum Gasteiger partial charge on any atom is -0.479 e. The van der Waals surface area contributed by atoms with Gasteiger partial charge in [0.1, 0.15) is 48.1 Å². The quantitative estimate of drug-likeness (QED) is 0.0924. The molecule has 2 heterocycles. The molecule has 0 bridgehead atoms. The number of carbonyl (C=O) groups is 2. The summed E-state index contributed by atoms with van der Waals surface area (Å²) < 4.78 is 22.8. The van der Waals surface area contributed by atoms with Gasteiger partial charge in [-0.1, -0.05) is 42.5 Å². The second kappa shape index (κ2) is 11.2. The lowest BCUT2D eigenvalue weighted by Crippen LogP contribution is -2.61. The fourth-order valence-electron chi connectivity index (χ4n) is 6.37. The molecule has 1 unspecified atom stereocenters. The lowest BCUT2D eigenvalue weighted by Gasteiger charge is -2.39. The molecule has 2 fully saturated rings. The van der Waals surface area contributed by atoms with E-state index in [0.717, 1.165) is 16.2 Å². The summed E-state index contributed by atoms with van der Waals surface area (Å²) in [6, 6.07) is 17.7. The molecule has 0 radical (unpaired) electrons. The molecule has 46 heavy (non-hydrogen) atoms. The van der Waals surface area contributed by atoms with Crippen LogP contribution in [0.3, 0.4) is 0 Å². The van der Waals surface area contributed by atoms with Crippen molar-refractivity contribution >= 4 is 55.0 Å². The van der Waals surface area contributed by atoms with Gasteiger partial charge in [0.25, 0.3) is 0 Å². The number of rotatable bonds is 6. The van der Waals surface area contributed by atoms with E-state index in [2.05, 4.69) is 0 Å². The van der Waals surface area contributed by atoms with Gasteiger partial charge in [-0.25, -0.2) is 9.59 Å². The summed E-state index contributed by atoms with van der Waals surface area (Å²) in [5.74, 6) is -2.73. The largest absolute Gasteiger partial charge is 0.479 e. The first-order chi connectivity index (χ1) is 22.0. The number of aliphatic hydroxyl groups excluding tert-OH is 6. The van der Waals surface area contributed by atoms with E-state index in [1.807, 2.05) is 24.3 Å². The second-order valence-electron chi connectivity index (χ2n) is 11.4. The highest BCUT2D eigenvalue weighted by Crippen LogP contribution is 2.47.